The summed E-state index contributed by atoms with van der Waals surface area (Å²) in [6.45, 7) is 2.15. The fourth-order valence-electron chi connectivity index (χ4n) is 0.954. The van der Waals surface area contributed by atoms with E-state index in [1.54, 1.807) is 13.2 Å². The number of thiocarbonyl (C=S) groups is 1. The van der Waals surface area contributed by atoms with E-state index in [0.29, 0.717) is 16.4 Å². The van der Waals surface area contributed by atoms with Gasteiger partial charge in [0.25, 0.3) is 5.91 Å². The largest absolute Gasteiger partial charge is 0.392 e. The lowest BCUT2D eigenvalue weighted by atomic mass is 10.4. The molecule has 1 aromatic heterocycles. The molecule has 0 radical (unpaired) electrons. The van der Waals surface area contributed by atoms with Gasteiger partial charge < -0.3 is 10.6 Å². The van der Waals surface area contributed by atoms with Crippen molar-refractivity contribution in [2.45, 2.75) is 6.92 Å². The summed E-state index contributed by atoms with van der Waals surface area (Å²) in [6.07, 6.45) is 1.57. The number of carbonyl (C=O) groups excluding carboxylic acids is 1. The second kappa shape index (κ2) is 4.47. The highest BCUT2D eigenvalue weighted by Crippen LogP contribution is 2.13. The Morgan fingerprint density at radius 3 is 2.86 bits per heavy atom. The molecule has 6 heteroatoms. The zero-order valence-corrected chi connectivity index (χ0v) is 9.61. The Morgan fingerprint density at radius 2 is 2.43 bits per heavy atom. The molecule has 0 fully saturated rings. The van der Waals surface area contributed by atoms with E-state index in [2.05, 4.69) is 4.98 Å². The standard InChI is InChI=1S/C8H11N3OS2/c1-5-10-3-6(14-5)8(12)11(2)4-7(9)13/h3H,4H2,1-2H3,(H2,9,13). The second-order valence-electron chi connectivity index (χ2n) is 2.87. The summed E-state index contributed by atoms with van der Waals surface area (Å²) in [7, 11) is 1.66. The van der Waals surface area contributed by atoms with Crippen LogP contribution in [0.3, 0.4) is 0 Å². The predicted molar refractivity (Wildman–Crippen MR) is 60.6 cm³/mol. The minimum atomic E-state index is -0.0941. The summed E-state index contributed by atoms with van der Waals surface area (Å²) < 4.78 is 0. The molecule has 76 valence electrons. The monoisotopic (exact) mass is 229 g/mol. The van der Waals surface area contributed by atoms with Crippen LogP contribution in [-0.4, -0.2) is 34.4 Å². The molecule has 0 atom stereocenters. The van der Waals surface area contributed by atoms with Crippen LogP contribution < -0.4 is 5.73 Å². The first-order chi connectivity index (χ1) is 6.50. The number of thiazole rings is 1. The van der Waals surface area contributed by atoms with Crippen LogP contribution in [0.15, 0.2) is 6.20 Å². The number of carbonyl (C=O) groups is 1. The first-order valence-electron chi connectivity index (χ1n) is 3.97. The number of hydrogen-bond acceptors (Lipinski definition) is 4. The van der Waals surface area contributed by atoms with Crippen molar-refractivity contribution in [2.24, 2.45) is 5.73 Å². The van der Waals surface area contributed by atoms with Gasteiger partial charge in [-0.3, -0.25) is 4.79 Å². The topological polar surface area (TPSA) is 59.2 Å². The highest BCUT2D eigenvalue weighted by molar-refractivity contribution is 7.80. The zero-order valence-electron chi connectivity index (χ0n) is 7.98. The molecule has 0 aromatic carbocycles. The van der Waals surface area contributed by atoms with Crippen LogP contribution in [0.4, 0.5) is 0 Å². The van der Waals surface area contributed by atoms with Crippen molar-refractivity contribution in [1.29, 1.82) is 0 Å². The zero-order chi connectivity index (χ0) is 10.7. The van der Waals surface area contributed by atoms with Crippen molar-refractivity contribution >= 4 is 34.5 Å². The molecule has 0 saturated heterocycles. The van der Waals surface area contributed by atoms with Gasteiger partial charge >= 0.3 is 0 Å². The summed E-state index contributed by atoms with van der Waals surface area (Å²) in [5.74, 6) is -0.0941. The van der Waals surface area contributed by atoms with Crippen LogP contribution in [-0.2, 0) is 0 Å². The number of amides is 1. The van der Waals surface area contributed by atoms with Crippen molar-refractivity contribution in [3.63, 3.8) is 0 Å². The second-order valence-corrected chi connectivity index (χ2v) is 4.63. The van der Waals surface area contributed by atoms with Crippen LogP contribution >= 0.6 is 23.6 Å². The average Bonchev–Trinajstić information content (AvgIpc) is 2.49. The number of nitrogens with zero attached hydrogens (tertiary/aromatic N) is 2. The van der Waals surface area contributed by atoms with Gasteiger partial charge in [-0.05, 0) is 6.92 Å². The molecule has 1 amide bonds. The van der Waals surface area contributed by atoms with Crippen LogP contribution in [0.1, 0.15) is 14.7 Å². The van der Waals surface area contributed by atoms with E-state index >= 15 is 0 Å². The number of aromatic nitrogens is 1. The molecule has 1 heterocycles. The molecule has 14 heavy (non-hydrogen) atoms. The van der Waals surface area contributed by atoms with Gasteiger partial charge in [-0.2, -0.15) is 0 Å². The third-order valence-corrected chi connectivity index (χ3v) is 2.60. The van der Waals surface area contributed by atoms with E-state index in [0.717, 1.165) is 5.01 Å². The lowest BCUT2D eigenvalue weighted by molar-refractivity contribution is 0.0819. The van der Waals surface area contributed by atoms with Crippen LogP contribution in [0.5, 0.6) is 0 Å². The van der Waals surface area contributed by atoms with E-state index in [9.17, 15) is 4.79 Å². The van der Waals surface area contributed by atoms with Gasteiger partial charge in [-0.25, -0.2) is 4.98 Å². The molecular formula is C8H11N3OS2. The van der Waals surface area contributed by atoms with Crippen molar-refractivity contribution in [1.82, 2.24) is 9.88 Å². The van der Waals surface area contributed by atoms with Gasteiger partial charge in [0.15, 0.2) is 0 Å². The van der Waals surface area contributed by atoms with E-state index in [1.807, 2.05) is 6.92 Å². The molecule has 4 nitrogen and oxygen atoms in total. The van der Waals surface area contributed by atoms with E-state index in [4.69, 9.17) is 18.0 Å². The van der Waals surface area contributed by atoms with E-state index < -0.39 is 0 Å². The minimum absolute atomic E-state index is 0.0941. The van der Waals surface area contributed by atoms with Gasteiger partial charge in [0.2, 0.25) is 0 Å². The lowest BCUT2D eigenvalue weighted by Crippen LogP contribution is -2.34. The van der Waals surface area contributed by atoms with Crippen LogP contribution in [0.25, 0.3) is 0 Å². The maximum absolute atomic E-state index is 11.7. The molecule has 0 aliphatic carbocycles. The van der Waals surface area contributed by atoms with Crippen molar-refractivity contribution < 1.29 is 4.79 Å². The van der Waals surface area contributed by atoms with E-state index in [1.165, 1.54) is 16.2 Å². The Hall–Kier alpha value is -1.01. The number of rotatable bonds is 3. The van der Waals surface area contributed by atoms with Gasteiger partial charge in [0.05, 0.1) is 22.7 Å². The Balaban J connectivity index is 2.70. The van der Waals surface area contributed by atoms with Gasteiger partial charge in [0.1, 0.15) is 4.88 Å². The van der Waals surface area contributed by atoms with E-state index in [-0.39, 0.29) is 5.91 Å². The molecule has 0 unspecified atom stereocenters. The molecule has 0 aliphatic rings. The average molecular weight is 229 g/mol. The number of likely N-dealkylation sites (N-methyl/N-ethyl adjacent to an activating group) is 1. The first kappa shape index (κ1) is 11.1. The summed E-state index contributed by atoms with van der Waals surface area (Å²) in [6, 6.07) is 0. The predicted octanol–water partition coefficient (Wildman–Crippen LogP) is 0.810. The van der Waals surface area contributed by atoms with Crippen LogP contribution in [0.2, 0.25) is 0 Å². The van der Waals surface area contributed by atoms with Gasteiger partial charge in [-0.15, -0.1) is 11.3 Å². The molecule has 1 rings (SSSR count). The summed E-state index contributed by atoms with van der Waals surface area (Å²) in [5, 5.41) is 0.872. The molecular weight excluding hydrogens is 218 g/mol. The van der Waals surface area contributed by atoms with Crippen molar-refractivity contribution in [3.8, 4) is 0 Å². The molecule has 0 spiro atoms. The molecule has 0 saturated carbocycles. The highest BCUT2D eigenvalue weighted by Gasteiger charge is 2.14. The summed E-state index contributed by atoms with van der Waals surface area (Å²) in [5.41, 5.74) is 5.34. The van der Waals surface area contributed by atoms with Gasteiger partial charge in [0, 0.05) is 7.05 Å². The smallest absolute Gasteiger partial charge is 0.265 e. The Kier molecular flexibility index (Phi) is 3.54. The van der Waals surface area contributed by atoms with Crippen molar-refractivity contribution in [2.75, 3.05) is 13.6 Å². The first-order valence-corrected chi connectivity index (χ1v) is 5.19. The van der Waals surface area contributed by atoms with Gasteiger partial charge in [-0.1, -0.05) is 12.2 Å². The summed E-state index contributed by atoms with van der Waals surface area (Å²) >= 11 is 6.08. The number of aryl methyl sites for hydroxylation is 1. The Labute approximate surface area is 91.7 Å². The minimum Gasteiger partial charge on any atom is -0.392 e. The maximum Gasteiger partial charge on any atom is 0.265 e. The van der Waals surface area contributed by atoms with Crippen molar-refractivity contribution in [3.05, 3.63) is 16.1 Å². The fraction of sp³-hybridized carbons (Fsp3) is 0.375. The third kappa shape index (κ3) is 2.74. The Morgan fingerprint density at radius 1 is 1.79 bits per heavy atom. The molecule has 2 N–H and O–H groups in total. The van der Waals surface area contributed by atoms with Crippen LogP contribution in [0, 0.1) is 6.92 Å². The normalized spacial score (nSPS) is 9.86. The number of nitrogens with two attached hydrogens (primary N) is 1. The maximum atomic E-state index is 11.7. The highest BCUT2D eigenvalue weighted by atomic mass is 32.1. The quantitative estimate of drug-likeness (QED) is 0.779. The lowest BCUT2D eigenvalue weighted by Gasteiger charge is -2.14. The summed E-state index contributed by atoms with van der Waals surface area (Å²) in [4.78, 5) is 18.1. The third-order valence-electron chi connectivity index (χ3n) is 1.57. The number of hydrogen-bond donors (Lipinski definition) is 1. The molecule has 0 bridgehead atoms. The fourth-order valence-corrected chi connectivity index (χ4v) is 1.92. The molecule has 0 aliphatic heterocycles. The molecule has 1 aromatic rings. The SMILES string of the molecule is Cc1ncc(C(=O)N(C)CC(N)=S)s1. The Bertz CT molecular complexity index is 361.